The second-order valence-electron chi connectivity index (χ2n) is 4.98. The first-order chi connectivity index (χ1) is 8.78. The normalized spacial score (nSPS) is 18.3. The Balaban J connectivity index is 1.74. The van der Waals surface area contributed by atoms with E-state index in [2.05, 4.69) is 29.3 Å². The molecule has 1 saturated carbocycles. The predicted octanol–water partition coefficient (Wildman–Crippen LogP) is 2.79. The van der Waals surface area contributed by atoms with Gasteiger partial charge in [0, 0.05) is 17.7 Å². The van der Waals surface area contributed by atoms with Crippen molar-refractivity contribution < 1.29 is 4.52 Å². The maximum Gasteiger partial charge on any atom is 0.228 e. The van der Waals surface area contributed by atoms with Crippen LogP contribution in [0, 0.1) is 0 Å². The lowest BCUT2D eigenvalue weighted by Gasteiger charge is -2.08. The van der Waals surface area contributed by atoms with Gasteiger partial charge < -0.3 is 9.84 Å². The molecular formula is C13H23N3OS. The summed E-state index contributed by atoms with van der Waals surface area (Å²) in [6, 6.07) is 0.394. The molecule has 0 bridgehead atoms. The van der Waals surface area contributed by atoms with Gasteiger partial charge in [-0.1, -0.05) is 24.9 Å². The molecule has 2 rings (SSSR count). The Kier molecular flexibility index (Phi) is 5.50. The molecule has 1 N–H and O–H groups in total. The van der Waals surface area contributed by atoms with Crippen molar-refractivity contribution in [2.24, 2.45) is 0 Å². The summed E-state index contributed by atoms with van der Waals surface area (Å²) in [5, 5.41) is 8.22. The standard InChI is InChI=1S/C13H23N3OS/c1-3-14-10(2)8-13-15-12(16-17-13)9-18-11-6-4-5-7-11/h10-11,14H,3-9H2,1-2H3. The van der Waals surface area contributed by atoms with Crippen molar-refractivity contribution in [3.63, 3.8) is 0 Å². The summed E-state index contributed by atoms with van der Waals surface area (Å²) in [5.41, 5.74) is 0. The van der Waals surface area contributed by atoms with Gasteiger partial charge in [0.2, 0.25) is 5.89 Å². The van der Waals surface area contributed by atoms with Crippen LogP contribution in [-0.4, -0.2) is 28.0 Å². The fourth-order valence-corrected chi connectivity index (χ4v) is 3.53. The summed E-state index contributed by atoms with van der Waals surface area (Å²) in [5.74, 6) is 2.50. The van der Waals surface area contributed by atoms with Crippen LogP contribution in [-0.2, 0) is 12.2 Å². The zero-order chi connectivity index (χ0) is 12.8. The second kappa shape index (κ2) is 7.14. The van der Waals surface area contributed by atoms with Gasteiger partial charge in [-0.15, -0.1) is 0 Å². The molecule has 1 unspecified atom stereocenters. The van der Waals surface area contributed by atoms with Crippen LogP contribution in [0.4, 0.5) is 0 Å². The molecule has 1 aromatic heterocycles. The molecule has 1 fully saturated rings. The highest BCUT2D eigenvalue weighted by atomic mass is 32.2. The molecule has 0 spiro atoms. The summed E-state index contributed by atoms with van der Waals surface area (Å²) in [7, 11) is 0. The van der Waals surface area contributed by atoms with Crippen molar-refractivity contribution >= 4 is 11.8 Å². The van der Waals surface area contributed by atoms with E-state index in [1.807, 2.05) is 11.8 Å². The van der Waals surface area contributed by atoms with E-state index in [1.54, 1.807) is 0 Å². The molecule has 0 amide bonds. The van der Waals surface area contributed by atoms with E-state index in [1.165, 1.54) is 25.7 Å². The lowest BCUT2D eigenvalue weighted by atomic mass is 10.2. The first-order valence-electron chi connectivity index (χ1n) is 6.94. The molecule has 0 radical (unpaired) electrons. The van der Waals surface area contributed by atoms with Crippen molar-refractivity contribution in [2.45, 2.75) is 63.0 Å². The zero-order valence-corrected chi connectivity index (χ0v) is 12.1. The van der Waals surface area contributed by atoms with Crippen molar-refractivity contribution in [1.82, 2.24) is 15.5 Å². The smallest absolute Gasteiger partial charge is 0.228 e. The second-order valence-corrected chi connectivity index (χ2v) is 6.27. The summed E-state index contributed by atoms with van der Waals surface area (Å²) in [4.78, 5) is 4.45. The van der Waals surface area contributed by atoms with E-state index in [-0.39, 0.29) is 0 Å². The highest BCUT2D eigenvalue weighted by Gasteiger charge is 2.17. The number of thioether (sulfide) groups is 1. The number of nitrogens with zero attached hydrogens (tertiary/aromatic N) is 2. The van der Waals surface area contributed by atoms with Gasteiger partial charge >= 0.3 is 0 Å². The Bertz CT molecular complexity index is 350. The quantitative estimate of drug-likeness (QED) is 0.825. The van der Waals surface area contributed by atoms with Gasteiger partial charge in [-0.05, 0) is 26.3 Å². The molecule has 5 heteroatoms. The third-order valence-electron chi connectivity index (χ3n) is 3.29. The molecule has 0 aromatic carbocycles. The van der Waals surface area contributed by atoms with Gasteiger partial charge in [0.15, 0.2) is 5.82 Å². The van der Waals surface area contributed by atoms with Crippen LogP contribution in [0.5, 0.6) is 0 Å². The topological polar surface area (TPSA) is 51.0 Å². The van der Waals surface area contributed by atoms with E-state index >= 15 is 0 Å². The molecule has 0 aliphatic heterocycles. The van der Waals surface area contributed by atoms with Gasteiger partial charge in [0.1, 0.15) is 0 Å². The summed E-state index contributed by atoms with van der Waals surface area (Å²) < 4.78 is 5.28. The maximum absolute atomic E-state index is 5.28. The highest BCUT2D eigenvalue weighted by Crippen LogP contribution is 2.30. The number of nitrogens with one attached hydrogen (secondary N) is 1. The number of aromatic nitrogens is 2. The molecule has 1 aliphatic carbocycles. The van der Waals surface area contributed by atoms with Crippen LogP contribution in [0.3, 0.4) is 0 Å². The number of likely N-dealkylation sites (N-methyl/N-ethyl adjacent to an activating group) is 1. The average molecular weight is 269 g/mol. The first-order valence-corrected chi connectivity index (χ1v) is 7.99. The minimum Gasteiger partial charge on any atom is -0.339 e. The largest absolute Gasteiger partial charge is 0.339 e. The van der Waals surface area contributed by atoms with Gasteiger partial charge in [0.05, 0.1) is 5.75 Å². The van der Waals surface area contributed by atoms with E-state index in [0.717, 1.165) is 35.7 Å². The lowest BCUT2D eigenvalue weighted by molar-refractivity contribution is 0.359. The highest BCUT2D eigenvalue weighted by molar-refractivity contribution is 7.99. The van der Waals surface area contributed by atoms with E-state index < -0.39 is 0 Å². The number of rotatable bonds is 7. The van der Waals surface area contributed by atoms with Crippen LogP contribution in [0.25, 0.3) is 0 Å². The molecule has 102 valence electrons. The lowest BCUT2D eigenvalue weighted by Crippen LogP contribution is -2.27. The molecule has 1 heterocycles. The minimum absolute atomic E-state index is 0.394. The van der Waals surface area contributed by atoms with Crippen molar-refractivity contribution in [2.75, 3.05) is 6.54 Å². The van der Waals surface area contributed by atoms with Crippen LogP contribution in [0.2, 0.25) is 0 Å². The van der Waals surface area contributed by atoms with E-state index in [9.17, 15) is 0 Å². The van der Waals surface area contributed by atoms with Crippen LogP contribution < -0.4 is 5.32 Å². The molecule has 18 heavy (non-hydrogen) atoms. The van der Waals surface area contributed by atoms with Crippen LogP contribution in [0.15, 0.2) is 4.52 Å². The van der Waals surface area contributed by atoms with Gasteiger partial charge in [-0.3, -0.25) is 0 Å². The Morgan fingerprint density at radius 1 is 1.44 bits per heavy atom. The average Bonchev–Trinajstić information content (AvgIpc) is 2.97. The Morgan fingerprint density at radius 3 is 2.94 bits per heavy atom. The third kappa shape index (κ3) is 4.28. The Labute approximate surface area is 113 Å². The van der Waals surface area contributed by atoms with Crippen molar-refractivity contribution in [3.05, 3.63) is 11.7 Å². The molecular weight excluding hydrogens is 246 g/mol. The summed E-state index contributed by atoms with van der Waals surface area (Å²) >= 11 is 1.98. The summed E-state index contributed by atoms with van der Waals surface area (Å²) in [6.07, 6.45) is 6.29. The molecule has 1 aromatic rings. The monoisotopic (exact) mass is 269 g/mol. The van der Waals surface area contributed by atoms with Gasteiger partial charge in [-0.2, -0.15) is 16.7 Å². The number of hydrogen-bond donors (Lipinski definition) is 1. The van der Waals surface area contributed by atoms with Gasteiger partial charge in [0.25, 0.3) is 0 Å². The Morgan fingerprint density at radius 2 is 2.22 bits per heavy atom. The fourth-order valence-electron chi connectivity index (χ4n) is 2.36. The molecule has 4 nitrogen and oxygen atoms in total. The zero-order valence-electron chi connectivity index (χ0n) is 11.3. The SMILES string of the molecule is CCNC(C)Cc1nc(CSC2CCCC2)no1. The fraction of sp³-hybridized carbons (Fsp3) is 0.846. The van der Waals surface area contributed by atoms with Crippen LogP contribution in [0.1, 0.15) is 51.2 Å². The van der Waals surface area contributed by atoms with Crippen molar-refractivity contribution in [1.29, 1.82) is 0 Å². The molecule has 0 saturated heterocycles. The Hall–Kier alpha value is -0.550. The van der Waals surface area contributed by atoms with Crippen LogP contribution >= 0.6 is 11.8 Å². The minimum atomic E-state index is 0.394. The van der Waals surface area contributed by atoms with E-state index in [0.29, 0.717) is 6.04 Å². The molecule has 1 atom stereocenters. The first kappa shape index (κ1) is 13.9. The third-order valence-corrected chi connectivity index (χ3v) is 4.66. The summed E-state index contributed by atoms with van der Waals surface area (Å²) in [6.45, 7) is 5.22. The van der Waals surface area contributed by atoms with E-state index in [4.69, 9.17) is 4.52 Å². The predicted molar refractivity (Wildman–Crippen MR) is 74.7 cm³/mol. The maximum atomic E-state index is 5.28. The number of hydrogen-bond acceptors (Lipinski definition) is 5. The van der Waals surface area contributed by atoms with Gasteiger partial charge in [-0.25, -0.2) is 0 Å². The van der Waals surface area contributed by atoms with Crippen molar-refractivity contribution in [3.8, 4) is 0 Å². The molecule has 1 aliphatic rings.